The van der Waals surface area contributed by atoms with Gasteiger partial charge < -0.3 is 29.5 Å². The van der Waals surface area contributed by atoms with Crippen LogP contribution < -0.4 is 0 Å². The summed E-state index contributed by atoms with van der Waals surface area (Å²) in [5, 5.41) is 30.8. The lowest BCUT2D eigenvalue weighted by Crippen LogP contribution is -2.31. The summed E-state index contributed by atoms with van der Waals surface area (Å²) in [4.78, 5) is 38.4. The quantitative estimate of drug-likeness (QED) is 0.375. The number of hydrogen-bond acceptors (Lipinski definition) is 9. The Kier molecular flexibility index (Phi) is 6.72. The van der Waals surface area contributed by atoms with Gasteiger partial charge in [-0.05, 0) is 62.3 Å². The van der Waals surface area contributed by atoms with E-state index in [1.54, 1.807) is 62.3 Å². The van der Waals surface area contributed by atoms with Gasteiger partial charge in [-0.2, -0.15) is 0 Å². The van der Waals surface area contributed by atoms with E-state index in [1.807, 2.05) is 0 Å². The molecule has 0 spiro atoms. The molecule has 1 aromatic rings. The van der Waals surface area contributed by atoms with Crippen LogP contribution in [0.3, 0.4) is 0 Å². The van der Waals surface area contributed by atoms with Gasteiger partial charge in [0.2, 0.25) is 5.75 Å². The molecular weight excluding hydrogens is 396 g/mol. The molecule has 0 aliphatic heterocycles. The number of phenols is 3. The Morgan fingerprint density at radius 1 is 0.500 bits per heavy atom. The largest absolute Gasteiger partial charge is 0.504 e. The van der Waals surface area contributed by atoms with Gasteiger partial charge in [0.1, 0.15) is 27.9 Å². The standard InChI is InChI=1S/C21H30O9/c1-19(2,3)28-16(25)10-11(17(26)29-20(4,5)6)13(22)15(24)14(23)12(10)18(27)30-21(7,8)9/h22-24H,1-9H3. The summed E-state index contributed by atoms with van der Waals surface area (Å²) in [7, 11) is 0. The fraction of sp³-hybridized carbons (Fsp3) is 0.571. The molecule has 0 aliphatic carbocycles. The highest BCUT2D eigenvalue weighted by Gasteiger charge is 2.39. The monoisotopic (exact) mass is 426 g/mol. The van der Waals surface area contributed by atoms with Crippen LogP contribution in [0.25, 0.3) is 0 Å². The van der Waals surface area contributed by atoms with Gasteiger partial charge in [-0.25, -0.2) is 14.4 Å². The van der Waals surface area contributed by atoms with Crippen LogP contribution in [0.15, 0.2) is 0 Å². The van der Waals surface area contributed by atoms with Crippen LogP contribution >= 0.6 is 0 Å². The molecule has 168 valence electrons. The minimum absolute atomic E-state index is 0.777. The van der Waals surface area contributed by atoms with Crippen molar-refractivity contribution in [2.45, 2.75) is 79.1 Å². The molecule has 9 heteroatoms. The van der Waals surface area contributed by atoms with E-state index < -0.39 is 68.6 Å². The van der Waals surface area contributed by atoms with Gasteiger partial charge in [0.25, 0.3) is 0 Å². The first-order valence-corrected chi connectivity index (χ1v) is 9.26. The summed E-state index contributed by atoms with van der Waals surface area (Å²) in [5.74, 6) is -7.05. The number of ether oxygens (including phenoxy) is 3. The van der Waals surface area contributed by atoms with E-state index in [4.69, 9.17) is 14.2 Å². The zero-order chi connectivity index (χ0) is 23.8. The molecule has 0 aromatic heterocycles. The molecule has 0 heterocycles. The molecule has 0 saturated heterocycles. The molecule has 1 rings (SSSR count). The van der Waals surface area contributed by atoms with Gasteiger partial charge in [0, 0.05) is 0 Å². The molecule has 9 nitrogen and oxygen atoms in total. The number of hydrogen-bond donors (Lipinski definition) is 3. The smallest absolute Gasteiger partial charge is 0.343 e. The van der Waals surface area contributed by atoms with Crippen molar-refractivity contribution < 1.29 is 43.9 Å². The predicted molar refractivity (Wildman–Crippen MR) is 107 cm³/mol. The van der Waals surface area contributed by atoms with E-state index in [-0.39, 0.29) is 0 Å². The van der Waals surface area contributed by atoms with Gasteiger partial charge in [-0.1, -0.05) is 0 Å². The second kappa shape index (κ2) is 8.04. The maximum Gasteiger partial charge on any atom is 0.343 e. The Morgan fingerprint density at radius 2 is 0.733 bits per heavy atom. The van der Waals surface area contributed by atoms with E-state index in [2.05, 4.69) is 0 Å². The molecule has 0 amide bonds. The average molecular weight is 426 g/mol. The number of carbonyl (C=O) groups is 3. The van der Waals surface area contributed by atoms with Crippen molar-refractivity contribution in [1.29, 1.82) is 0 Å². The second-order valence-corrected chi connectivity index (χ2v) is 9.68. The number of rotatable bonds is 3. The van der Waals surface area contributed by atoms with Crippen molar-refractivity contribution in [2.75, 3.05) is 0 Å². The number of carbonyl (C=O) groups excluding carboxylic acids is 3. The van der Waals surface area contributed by atoms with Crippen LogP contribution in [0.5, 0.6) is 17.2 Å². The first-order valence-electron chi connectivity index (χ1n) is 9.26. The van der Waals surface area contributed by atoms with Crippen LogP contribution in [0.1, 0.15) is 93.4 Å². The molecule has 0 fully saturated rings. The summed E-state index contributed by atoms with van der Waals surface area (Å²) in [6, 6.07) is 0. The van der Waals surface area contributed by atoms with E-state index in [1.165, 1.54) is 0 Å². The Hall–Kier alpha value is -2.97. The molecule has 0 bridgehead atoms. The van der Waals surface area contributed by atoms with Crippen molar-refractivity contribution in [2.24, 2.45) is 0 Å². The Balaban J connectivity index is 3.93. The van der Waals surface area contributed by atoms with E-state index >= 15 is 0 Å². The van der Waals surface area contributed by atoms with Crippen molar-refractivity contribution in [3.63, 3.8) is 0 Å². The first-order chi connectivity index (χ1) is 13.2. The second-order valence-electron chi connectivity index (χ2n) is 9.68. The summed E-state index contributed by atoms with van der Waals surface area (Å²) < 4.78 is 15.7. The lowest BCUT2D eigenvalue weighted by Gasteiger charge is -2.25. The van der Waals surface area contributed by atoms with Crippen LogP contribution in [-0.2, 0) is 14.2 Å². The molecule has 0 saturated carbocycles. The number of phenolic OH excluding ortho intramolecular Hbond substituents is 3. The Bertz CT molecular complexity index is 807. The van der Waals surface area contributed by atoms with Crippen LogP contribution in [0.2, 0.25) is 0 Å². The summed E-state index contributed by atoms with van der Waals surface area (Å²) >= 11 is 0. The van der Waals surface area contributed by atoms with Gasteiger partial charge in [-0.3, -0.25) is 0 Å². The molecule has 3 N–H and O–H groups in total. The zero-order valence-corrected chi connectivity index (χ0v) is 18.8. The van der Waals surface area contributed by atoms with Gasteiger partial charge in [0.15, 0.2) is 11.5 Å². The highest BCUT2D eigenvalue weighted by atomic mass is 16.6. The third-order valence-electron chi connectivity index (χ3n) is 3.23. The van der Waals surface area contributed by atoms with Crippen LogP contribution in [0, 0.1) is 0 Å². The maximum absolute atomic E-state index is 12.9. The lowest BCUT2D eigenvalue weighted by molar-refractivity contribution is -0.000587. The SMILES string of the molecule is CC(C)(C)OC(=O)c1c(O)c(O)c(O)c(C(=O)OC(C)(C)C)c1C(=O)OC(C)(C)C. The topological polar surface area (TPSA) is 140 Å². The number of benzene rings is 1. The first kappa shape index (κ1) is 25.1. The molecule has 0 aliphatic rings. The predicted octanol–water partition coefficient (Wildman–Crippen LogP) is 3.67. The Labute approximate surface area is 175 Å². The Morgan fingerprint density at radius 3 is 0.967 bits per heavy atom. The molecule has 0 atom stereocenters. The van der Waals surface area contributed by atoms with Crippen molar-refractivity contribution in [3.05, 3.63) is 16.7 Å². The highest BCUT2D eigenvalue weighted by Crippen LogP contribution is 2.45. The van der Waals surface area contributed by atoms with Gasteiger partial charge in [-0.15, -0.1) is 0 Å². The molecule has 1 aromatic carbocycles. The molecular formula is C21H30O9. The van der Waals surface area contributed by atoms with E-state index in [0.29, 0.717) is 0 Å². The normalized spacial score (nSPS) is 12.3. The third-order valence-corrected chi connectivity index (χ3v) is 3.23. The minimum Gasteiger partial charge on any atom is -0.504 e. The van der Waals surface area contributed by atoms with Crippen LogP contribution in [0.4, 0.5) is 0 Å². The molecule has 0 unspecified atom stereocenters. The summed E-state index contributed by atoms with van der Waals surface area (Å²) in [6.07, 6.45) is 0. The van der Waals surface area contributed by atoms with E-state index in [0.717, 1.165) is 0 Å². The van der Waals surface area contributed by atoms with Crippen molar-refractivity contribution in [3.8, 4) is 17.2 Å². The van der Waals surface area contributed by atoms with Crippen LogP contribution in [-0.4, -0.2) is 50.0 Å². The van der Waals surface area contributed by atoms with Gasteiger partial charge >= 0.3 is 17.9 Å². The molecule has 0 radical (unpaired) electrons. The lowest BCUT2D eigenvalue weighted by atomic mass is 9.96. The van der Waals surface area contributed by atoms with Crippen molar-refractivity contribution in [1.82, 2.24) is 0 Å². The fourth-order valence-electron chi connectivity index (χ4n) is 2.30. The third kappa shape index (κ3) is 6.27. The fourth-order valence-corrected chi connectivity index (χ4v) is 2.30. The summed E-state index contributed by atoms with van der Waals surface area (Å²) in [5.41, 5.74) is -5.54. The summed E-state index contributed by atoms with van der Waals surface area (Å²) in [6.45, 7) is 13.9. The van der Waals surface area contributed by atoms with Gasteiger partial charge in [0.05, 0.1) is 5.56 Å². The zero-order valence-electron chi connectivity index (χ0n) is 18.8. The van der Waals surface area contributed by atoms with E-state index in [9.17, 15) is 29.7 Å². The number of aromatic hydroxyl groups is 3. The average Bonchev–Trinajstić information content (AvgIpc) is 2.46. The van der Waals surface area contributed by atoms with Crippen molar-refractivity contribution >= 4 is 17.9 Å². The maximum atomic E-state index is 12.9. The number of esters is 3. The minimum atomic E-state index is -1.21. The molecule has 30 heavy (non-hydrogen) atoms. The highest BCUT2D eigenvalue weighted by molar-refractivity contribution is 6.14.